The summed E-state index contributed by atoms with van der Waals surface area (Å²) in [6.07, 6.45) is 8.39. The highest BCUT2D eigenvalue weighted by Crippen LogP contribution is 2.65. The van der Waals surface area contributed by atoms with Crippen molar-refractivity contribution < 1.29 is 14.6 Å². The minimum Gasteiger partial charge on any atom is -0.481 e. The number of carbonyl (C=O) groups is 1. The van der Waals surface area contributed by atoms with Gasteiger partial charge in [-0.05, 0) is 75.0 Å². The van der Waals surface area contributed by atoms with Gasteiger partial charge in [-0.1, -0.05) is 27.2 Å². The van der Waals surface area contributed by atoms with E-state index in [1.807, 2.05) is 6.92 Å². The number of fused-ring (bicyclic) bond motifs is 3. The summed E-state index contributed by atoms with van der Waals surface area (Å²) < 4.78 is 6.58. The molecule has 0 aromatic heterocycles. The molecule has 1 N–H and O–H groups in total. The maximum atomic E-state index is 11.2. The van der Waals surface area contributed by atoms with E-state index in [1.165, 1.54) is 25.7 Å². The molecule has 2 aliphatic carbocycles. The van der Waals surface area contributed by atoms with E-state index in [2.05, 4.69) is 27.7 Å². The fourth-order valence-electron chi connectivity index (χ4n) is 6.87. The zero-order valence-electron chi connectivity index (χ0n) is 15.6. The topological polar surface area (TPSA) is 46.5 Å². The van der Waals surface area contributed by atoms with Crippen LogP contribution in [0.3, 0.4) is 0 Å². The molecule has 3 rings (SSSR count). The van der Waals surface area contributed by atoms with E-state index >= 15 is 0 Å². The van der Waals surface area contributed by atoms with Crippen molar-refractivity contribution in [3.05, 3.63) is 0 Å². The second kappa shape index (κ2) is 5.21. The number of carboxylic acids is 1. The molecule has 0 aromatic carbocycles. The van der Waals surface area contributed by atoms with Gasteiger partial charge in [0, 0.05) is 0 Å². The molecule has 3 nitrogen and oxygen atoms in total. The summed E-state index contributed by atoms with van der Waals surface area (Å²) in [4.78, 5) is 11.2. The lowest BCUT2D eigenvalue weighted by molar-refractivity contribution is -0.266. The van der Waals surface area contributed by atoms with Gasteiger partial charge in [-0.3, -0.25) is 4.79 Å². The Bertz CT molecular complexity index is 499. The first-order valence-corrected chi connectivity index (χ1v) is 9.43. The van der Waals surface area contributed by atoms with Crippen LogP contribution in [0.25, 0.3) is 0 Å². The number of rotatable bonds is 2. The predicted octanol–water partition coefficient (Wildman–Crippen LogP) is 5.03. The molecule has 1 aliphatic heterocycles. The third-order valence-electron chi connectivity index (χ3n) is 7.71. The first kappa shape index (κ1) is 17.3. The van der Waals surface area contributed by atoms with E-state index in [0.717, 1.165) is 25.2 Å². The van der Waals surface area contributed by atoms with Gasteiger partial charge in [-0.15, -0.1) is 0 Å². The maximum absolute atomic E-state index is 11.2. The van der Waals surface area contributed by atoms with Gasteiger partial charge in [0.25, 0.3) is 0 Å². The number of hydrogen-bond donors (Lipinski definition) is 1. The minimum absolute atomic E-state index is 0.126. The summed E-state index contributed by atoms with van der Waals surface area (Å²) in [5.41, 5.74) is 0.126. The highest BCUT2D eigenvalue weighted by Gasteiger charge is 2.61. The van der Waals surface area contributed by atoms with Crippen molar-refractivity contribution in [2.45, 2.75) is 97.2 Å². The summed E-state index contributed by atoms with van der Waals surface area (Å²) in [6.45, 7) is 11.7. The second-order valence-electron chi connectivity index (χ2n) is 9.97. The molecule has 0 unspecified atom stereocenters. The molecular weight excluding hydrogens is 288 g/mol. The predicted molar refractivity (Wildman–Crippen MR) is 91.3 cm³/mol. The average molecular weight is 322 g/mol. The van der Waals surface area contributed by atoms with Crippen molar-refractivity contribution in [1.82, 2.24) is 0 Å². The first-order valence-electron chi connectivity index (χ1n) is 9.43. The molecule has 0 bridgehead atoms. The molecule has 2 saturated carbocycles. The summed E-state index contributed by atoms with van der Waals surface area (Å²) in [5.74, 6) is 0.595. The molecular formula is C20H34O3. The van der Waals surface area contributed by atoms with Crippen LogP contribution in [-0.4, -0.2) is 22.3 Å². The van der Waals surface area contributed by atoms with E-state index in [4.69, 9.17) is 4.74 Å². The van der Waals surface area contributed by atoms with E-state index in [1.54, 1.807) is 0 Å². The Hall–Kier alpha value is -0.570. The van der Waals surface area contributed by atoms with Crippen LogP contribution in [0, 0.1) is 22.7 Å². The average Bonchev–Trinajstić information content (AvgIpc) is 2.34. The Kier molecular flexibility index (Phi) is 3.91. The summed E-state index contributed by atoms with van der Waals surface area (Å²) in [6, 6.07) is 0. The Balaban J connectivity index is 1.88. The van der Waals surface area contributed by atoms with Crippen molar-refractivity contribution in [2.75, 3.05) is 0 Å². The Morgan fingerprint density at radius 3 is 2.30 bits per heavy atom. The zero-order chi connectivity index (χ0) is 17.1. The van der Waals surface area contributed by atoms with Gasteiger partial charge in [0.1, 0.15) is 0 Å². The SMILES string of the molecule is CC1(C)CCC[C@]2(C)[C@H]3CC[C@](C)(CC(=O)O)O[C@]3(C)CC[C@@H]12. The maximum Gasteiger partial charge on any atom is 0.306 e. The molecule has 132 valence electrons. The second-order valence-corrected chi connectivity index (χ2v) is 9.97. The lowest BCUT2D eigenvalue weighted by atomic mass is 9.44. The molecule has 5 atom stereocenters. The van der Waals surface area contributed by atoms with Crippen LogP contribution in [0.4, 0.5) is 0 Å². The van der Waals surface area contributed by atoms with Gasteiger partial charge < -0.3 is 9.84 Å². The smallest absolute Gasteiger partial charge is 0.306 e. The molecule has 3 heteroatoms. The molecule has 23 heavy (non-hydrogen) atoms. The van der Waals surface area contributed by atoms with Gasteiger partial charge in [-0.2, -0.15) is 0 Å². The lowest BCUT2D eigenvalue weighted by Gasteiger charge is -2.65. The quantitative estimate of drug-likeness (QED) is 0.775. The van der Waals surface area contributed by atoms with Crippen LogP contribution in [0.1, 0.15) is 86.0 Å². The van der Waals surface area contributed by atoms with Crippen LogP contribution >= 0.6 is 0 Å². The van der Waals surface area contributed by atoms with Crippen molar-refractivity contribution in [3.63, 3.8) is 0 Å². The van der Waals surface area contributed by atoms with E-state index in [0.29, 0.717) is 16.7 Å². The first-order chi connectivity index (χ1) is 10.5. The van der Waals surface area contributed by atoms with E-state index in [9.17, 15) is 9.90 Å². The molecule has 0 spiro atoms. The summed E-state index contributed by atoms with van der Waals surface area (Å²) >= 11 is 0. The molecule has 0 aromatic rings. The molecule has 3 fully saturated rings. The van der Waals surface area contributed by atoms with Crippen molar-refractivity contribution in [2.24, 2.45) is 22.7 Å². The molecule has 1 saturated heterocycles. The molecule has 0 radical (unpaired) electrons. The van der Waals surface area contributed by atoms with Crippen molar-refractivity contribution in [3.8, 4) is 0 Å². The number of ether oxygens (including phenoxy) is 1. The normalized spacial score (nSPS) is 49.1. The fourth-order valence-corrected chi connectivity index (χ4v) is 6.87. The van der Waals surface area contributed by atoms with E-state index < -0.39 is 11.6 Å². The highest BCUT2D eigenvalue weighted by molar-refractivity contribution is 5.68. The number of hydrogen-bond acceptors (Lipinski definition) is 2. The van der Waals surface area contributed by atoms with Gasteiger partial charge in [0.15, 0.2) is 0 Å². The number of carboxylic acid groups (broad SMARTS) is 1. The molecule has 3 aliphatic rings. The van der Waals surface area contributed by atoms with Crippen LogP contribution < -0.4 is 0 Å². The third-order valence-corrected chi connectivity index (χ3v) is 7.71. The van der Waals surface area contributed by atoms with Gasteiger partial charge >= 0.3 is 5.97 Å². The zero-order valence-corrected chi connectivity index (χ0v) is 15.6. The fraction of sp³-hybridized carbons (Fsp3) is 0.950. The van der Waals surface area contributed by atoms with E-state index in [-0.39, 0.29) is 12.0 Å². The molecule has 1 heterocycles. The Morgan fingerprint density at radius 2 is 1.65 bits per heavy atom. The van der Waals surface area contributed by atoms with Crippen LogP contribution in [-0.2, 0) is 9.53 Å². The van der Waals surface area contributed by atoms with Crippen molar-refractivity contribution in [1.29, 1.82) is 0 Å². The minimum atomic E-state index is -0.742. The summed E-state index contributed by atoms with van der Waals surface area (Å²) in [5, 5.41) is 9.24. The van der Waals surface area contributed by atoms with Crippen molar-refractivity contribution >= 4 is 5.97 Å². The van der Waals surface area contributed by atoms with Gasteiger partial charge in [0.2, 0.25) is 0 Å². The Morgan fingerprint density at radius 1 is 1.00 bits per heavy atom. The van der Waals surface area contributed by atoms with Crippen LogP contribution in [0.15, 0.2) is 0 Å². The van der Waals surface area contributed by atoms with Gasteiger partial charge in [-0.25, -0.2) is 0 Å². The van der Waals surface area contributed by atoms with Crippen LogP contribution in [0.5, 0.6) is 0 Å². The largest absolute Gasteiger partial charge is 0.481 e. The van der Waals surface area contributed by atoms with Crippen LogP contribution in [0.2, 0.25) is 0 Å². The number of aliphatic carboxylic acids is 1. The molecule has 0 amide bonds. The Labute approximate surface area is 141 Å². The van der Waals surface area contributed by atoms with Gasteiger partial charge in [0.05, 0.1) is 17.6 Å². The monoisotopic (exact) mass is 322 g/mol. The lowest BCUT2D eigenvalue weighted by Crippen LogP contribution is -2.63. The summed E-state index contributed by atoms with van der Waals surface area (Å²) in [7, 11) is 0. The third kappa shape index (κ3) is 2.73. The standard InChI is InChI=1S/C20H34O3/c1-17(2)9-6-10-19(4)14(17)8-12-20(5)15(19)7-11-18(3,23-20)13-16(21)22/h14-15H,6-13H2,1-5H3,(H,21,22)/t14-,15+,18+,19-,20+/m0/s1. The highest BCUT2D eigenvalue weighted by atomic mass is 16.5.